The van der Waals surface area contributed by atoms with Crippen molar-refractivity contribution in [1.82, 2.24) is 19.9 Å². The van der Waals surface area contributed by atoms with Gasteiger partial charge in [-0.25, -0.2) is 15.0 Å². The van der Waals surface area contributed by atoms with Crippen LogP contribution in [0.5, 0.6) is 0 Å². The number of anilines is 3. The third-order valence-corrected chi connectivity index (χ3v) is 8.12. The van der Waals surface area contributed by atoms with Gasteiger partial charge in [-0.05, 0) is 73.0 Å². The number of benzene rings is 3. The number of carbonyl (C=O) groups excluding carboxylic acids is 1. The van der Waals surface area contributed by atoms with Crippen molar-refractivity contribution >= 4 is 45.9 Å². The predicted molar refractivity (Wildman–Crippen MR) is 172 cm³/mol. The fraction of sp³-hybridized carbons (Fsp3) is 0.176. The van der Waals surface area contributed by atoms with E-state index < -0.39 is 0 Å². The Morgan fingerprint density at radius 1 is 1.00 bits per heavy atom. The molecule has 42 heavy (non-hydrogen) atoms. The second-order valence-electron chi connectivity index (χ2n) is 10.3. The van der Waals surface area contributed by atoms with E-state index in [1.54, 1.807) is 17.8 Å². The van der Waals surface area contributed by atoms with Crippen molar-refractivity contribution in [2.75, 3.05) is 17.6 Å². The Kier molecular flexibility index (Phi) is 8.83. The van der Waals surface area contributed by atoms with Gasteiger partial charge in [0, 0.05) is 33.3 Å². The van der Waals surface area contributed by atoms with Gasteiger partial charge in [0.1, 0.15) is 12.1 Å². The molecule has 1 amide bonds. The highest BCUT2D eigenvalue weighted by molar-refractivity contribution is 7.99. The zero-order chi connectivity index (χ0) is 29.6. The van der Waals surface area contributed by atoms with Crippen LogP contribution >= 0.6 is 11.8 Å². The van der Waals surface area contributed by atoms with E-state index in [-0.39, 0.29) is 17.9 Å². The second kappa shape index (κ2) is 12.9. The summed E-state index contributed by atoms with van der Waals surface area (Å²) in [6.07, 6.45) is 3.27. The zero-order valence-electron chi connectivity index (χ0n) is 24.0. The van der Waals surface area contributed by atoms with Gasteiger partial charge in [-0.15, -0.1) is 6.58 Å². The van der Waals surface area contributed by atoms with Gasteiger partial charge in [0.2, 0.25) is 0 Å². The lowest BCUT2D eigenvalue weighted by molar-refractivity contribution is 0.0715. The van der Waals surface area contributed by atoms with Crippen LogP contribution < -0.4 is 11.1 Å². The molecule has 3 aromatic carbocycles. The Balaban J connectivity index is 1.55. The van der Waals surface area contributed by atoms with Crippen molar-refractivity contribution in [1.29, 1.82) is 0 Å². The zero-order valence-corrected chi connectivity index (χ0v) is 24.8. The number of nitrogens with two attached hydrogens (primary N) is 1. The largest absolute Gasteiger partial charge is 0.399 e. The molecule has 0 radical (unpaired) electrons. The van der Waals surface area contributed by atoms with Crippen LogP contribution in [0.15, 0.2) is 114 Å². The fourth-order valence-corrected chi connectivity index (χ4v) is 5.53. The normalized spacial score (nSPS) is 11.8. The molecule has 3 N–H and O–H groups in total. The summed E-state index contributed by atoms with van der Waals surface area (Å²) in [7, 11) is 0. The predicted octanol–water partition coefficient (Wildman–Crippen LogP) is 8.01. The van der Waals surface area contributed by atoms with Gasteiger partial charge < -0.3 is 16.0 Å². The summed E-state index contributed by atoms with van der Waals surface area (Å²) in [6.45, 7) is 10.6. The van der Waals surface area contributed by atoms with E-state index in [1.807, 2.05) is 96.8 Å². The lowest BCUT2D eigenvalue weighted by Crippen LogP contribution is -2.33. The Morgan fingerprint density at radius 2 is 1.76 bits per heavy atom. The summed E-state index contributed by atoms with van der Waals surface area (Å²) in [4.78, 5) is 31.4. The Bertz CT molecular complexity index is 1710. The molecule has 0 aliphatic carbocycles. The average Bonchev–Trinajstić information content (AvgIpc) is 3.01. The molecule has 2 aromatic heterocycles. The number of nitrogens with zero attached hydrogens (tertiary/aromatic N) is 4. The lowest BCUT2D eigenvalue weighted by atomic mass is 10.1. The number of carbonyl (C=O) groups is 1. The minimum Gasteiger partial charge on any atom is -0.399 e. The number of nitrogen functional groups attached to an aromatic ring is 1. The third-order valence-electron chi connectivity index (χ3n) is 7.03. The highest BCUT2D eigenvalue weighted by Gasteiger charge is 2.23. The minimum absolute atomic E-state index is 0.0888. The van der Waals surface area contributed by atoms with Crippen molar-refractivity contribution in [2.45, 2.75) is 42.5 Å². The molecule has 0 fully saturated rings. The molecule has 0 unspecified atom stereocenters. The summed E-state index contributed by atoms with van der Waals surface area (Å²) >= 11 is 1.58. The monoisotopic (exact) mass is 574 g/mol. The van der Waals surface area contributed by atoms with Gasteiger partial charge in [-0.2, -0.15) is 0 Å². The molecule has 7 nitrogen and oxygen atoms in total. The first-order valence-corrected chi connectivity index (χ1v) is 14.7. The summed E-state index contributed by atoms with van der Waals surface area (Å²) in [6, 6.07) is 27.3. The highest BCUT2D eigenvalue weighted by atomic mass is 32.2. The maximum atomic E-state index is 14.0. The topological polar surface area (TPSA) is 97.0 Å². The summed E-state index contributed by atoms with van der Waals surface area (Å²) in [5, 5.41) is 4.29. The number of rotatable bonds is 10. The number of pyridine rings is 1. The van der Waals surface area contributed by atoms with Gasteiger partial charge in [-0.1, -0.05) is 62.0 Å². The van der Waals surface area contributed by atoms with Crippen LogP contribution in [0, 0.1) is 0 Å². The van der Waals surface area contributed by atoms with Crippen LogP contribution in [0.2, 0.25) is 0 Å². The van der Waals surface area contributed by atoms with E-state index in [4.69, 9.17) is 10.7 Å². The first kappa shape index (κ1) is 28.8. The van der Waals surface area contributed by atoms with E-state index in [9.17, 15) is 4.79 Å². The smallest absolute Gasteiger partial charge is 0.254 e. The van der Waals surface area contributed by atoms with E-state index in [1.165, 1.54) is 6.33 Å². The average molecular weight is 575 g/mol. The highest BCUT2D eigenvalue weighted by Crippen LogP contribution is 2.37. The van der Waals surface area contributed by atoms with Crippen molar-refractivity contribution < 1.29 is 4.79 Å². The van der Waals surface area contributed by atoms with Gasteiger partial charge in [0.05, 0.1) is 17.1 Å². The molecule has 0 saturated carbocycles. The molecule has 8 heteroatoms. The van der Waals surface area contributed by atoms with Crippen LogP contribution in [0.1, 0.15) is 54.3 Å². The Morgan fingerprint density at radius 3 is 2.48 bits per heavy atom. The van der Waals surface area contributed by atoms with Gasteiger partial charge in [0.25, 0.3) is 5.91 Å². The van der Waals surface area contributed by atoms with Gasteiger partial charge in [-0.3, -0.25) is 4.79 Å². The van der Waals surface area contributed by atoms with Crippen LogP contribution in [0.25, 0.3) is 11.0 Å². The Hall–Kier alpha value is -4.69. The molecule has 212 valence electrons. The number of hydrogen-bond acceptors (Lipinski definition) is 7. The molecular weight excluding hydrogens is 540 g/mol. The van der Waals surface area contributed by atoms with Crippen molar-refractivity contribution in [2.24, 2.45) is 0 Å². The number of amides is 1. The molecular formula is C34H34N6OS. The van der Waals surface area contributed by atoms with Crippen molar-refractivity contribution in [3.8, 4) is 0 Å². The number of hydrogen-bond donors (Lipinski definition) is 2. The van der Waals surface area contributed by atoms with Crippen LogP contribution in [0.4, 0.5) is 17.2 Å². The first-order chi connectivity index (χ1) is 20.3. The summed E-state index contributed by atoms with van der Waals surface area (Å²) < 4.78 is 0. The van der Waals surface area contributed by atoms with E-state index in [0.29, 0.717) is 29.3 Å². The number of aromatic nitrogens is 3. The molecule has 5 aromatic rings. The van der Waals surface area contributed by atoms with E-state index in [0.717, 1.165) is 32.1 Å². The fourth-order valence-electron chi connectivity index (χ4n) is 4.65. The van der Waals surface area contributed by atoms with Crippen LogP contribution in [-0.4, -0.2) is 32.3 Å². The molecule has 0 aliphatic heterocycles. The third kappa shape index (κ3) is 6.44. The molecule has 0 bridgehead atoms. The Labute approximate surface area is 250 Å². The van der Waals surface area contributed by atoms with E-state index >= 15 is 0 Å². The lowest BCUT2D eigenvalue weighted by Gasteiger charge is -2.29. The quantitative estimate of drug-likeness (QED) is 0.129. The summed E-state index contributed by atoms with van der Waals surface area (Å²) in [5.74, 6) is 0.810. The van der Waals surface area contributed by atoms with Gasteiger partial charge >= 0.3 is 0 Å². The van der Waals surface area contributed by atoms with Crippen molar-refractivity contribution in [3.63, 3.8) is 0 Å². The molecule has 0 saturated heterocycles. The molecule has 5 rings (SSSR count). The molecule has 1 atom stereocenters. The van der Waals surface area contributed by atoms with Gasteiger partial charge in [0.15, 0.2) is 5.65 Å². The SMILES string of the molecule is C=CCN(C(=O)c1ccc(Sc2ccc(N)cc2)c(Nc2ncnc3nc(C(C)C)ccc23)c1)[C@@H](C)c1ccccc1. The molecule has 2 heterocycles. The first-order valence-electron chi connectivity index (χ1n) is 13.9. The number of fused-ring (bicyclic) bond motifs is 1. The maximum Gasteiger partial charge on any atom is 0.254 e. The molecule has 0 aliphatic rings. The summed E-state index contributed by atoms with van der Waals surface area (Å²) in [5.41, 5.74) is 10.6. The standard InChI is InChI=1S/C34H34N6OS/c1-5-19-40(23(4)24-9-7-6-8-10-24)34(41)25-11-18-31(42-27-14-12-26(35)13-15-27)30(20-25)39-33-28-16-17-29(22(2)3)38-32(28)36-21-37-33/h5-18,20-23H,1,19,35H2,2-4H3,(H,36,37,38,39)/t23-/m0/s1. The van der Waals surface area contributed by atoms with Crippen molar-refractivity contribution in [3.05, 3.63) is 121 Å². The van der Waals surface area contributed by atoms with Crippen LogP contribution in [-0.2, 0) is 0 Å². The minimum atomic E-state index is -0.135. The van der Waals surface area contributed by atoms with Crippen LogP contribution in [0.3, 0.4) is 0 Å². The second-order valence-corrected chi connectivity index (χ2v) is 11.4. The van der Waals surface area contributed by atoms with E-state index in [2.05, 4.69) is 35.7 Å². The molecule has 0 spiro atoms. The number of nitrogens with one attached hydrogen (secondary N) is 1. The maximum absolute atomic E-state index is 14.0.